The monoisotopic (exact) mass is 364 g/mol. The predicted molar refractivity (Wildman–Crippen MR) is 98.8 cm³/mol. The van der Waals surface area contributed by atoms with Gasteiger partial charge in [-0.15, -0.1) is 0 Å². The Kier molecular flexibility index (Phi) is 4.70. The number of sulfonamides is 1. The van der Waals surface area contributed by atoms with Crippen LogP contribution in [0.15, 0.2) is 39.1 Å². The molecule has 0 saturated heterocycles. The van der Waals surface area contributed by atoms with E-state index in [4.69, 9.17) is 11.5 Å². The minimum Gasteiger partial charge on any atom is -0.369 e. The van der Waals surface area contributed by atoms with Crippen LogP contribution in [0.1, 0.15) is 39.0 Å². The van der Waals surface area contributed by atoms with Crippen LogP contribution in [0.3, 0.4) is 0 Å². The second-order valence-electron chi connectivity index (χ2n) is 6.31. The Hall–Kier alpha value is -2.13. The summed E-state index contributed by atoms with van der Waals surface area (Å²) in [6.07, 6.45) is 4.89. The molecule has 9 heteroatoms. The molecule has 1 spiro atoms. The Bertz CT molecular complexity index is 794. The number of rotatable bonds is 4. The fraction of sp³-hybridized carbons (Fsp3) is 0.500. The third-order valence-electron chi connectivity index (χ3n) is 4.59. The Morgan fingerprint density at radius 1 is 1.16 bits per heavy atom. The molecule has 1 saturated carbocycles. The molecule has 3 rings (SSSR count). The van der Waals surface area contributed by atoms with Gasteiger partial charge in [0, 0.05) is 12.2 Å². The van der Waals surface area contributed by atoms with Gasteiger partial charge in [0.05, 0.1) is 4.90 Å². The SMILES string of the molecule is CCNS(=O)(=O)c1ccc(N2C(N)=NC(N)=NC23CCCCC3)cc1. The lowest BCUT2D eigenvalue weighted by atomic mass is 9.87. The van der Waals surface area contributed by atoms with E-state index in [1.54, 1.807) is 31.2 Å². The quantitative estimate of drug-likeness (QED) is 0.737. The Morgan fingerprint density at radius 3 is 2.40 bits per heavy atom. The van der Waals surface area contributed by atoms with Crippen LogP contribution >= 0.6 is 0 Å². The van der Waals surface area contributed by atoms with Crippen LogP contribution in [0.5, 0.6) is 0 Å². The second kappa shape index (κ2) is 6.64. The molecule has 1 heterocycles. The summed E-state index contributed by atoms with van der Waals surface area (Å²) in [7, 11) is -3.49. The van der Waals surface area contributed by atoms with E-state index in [0.29, 0.717) is 6.54 Å². The summed E-state index contributed by atoms with van der Waals surface area (Å²) in [6.45, 7) is 2.08. The van der Waals surface area contributed by atoms with E-state index in [0.717, 1.165) is 37.8 Å². The lowest BCUT2D eigenvalue weighted by molar-refractivity contribution is 0.305. The zero-order chi connectivity index (χ0) is 18.1. The van der Waals surface area contributed by atoms with Gasteiger partial charge < -0.3 is 11.5 Å². The van der Waals surface area contributed by atoms with E-state index < -0.39 is 15.7 Å². The summed E-state index contributed by atoms with van der Waals surface area (Å²) in [6, 6.07) is 6.61. The number of benzene rings is 1. The van der Waals surface area contributed by atoms with Crippen LogP contribution in [0.2, 0.25) is 0 Å². The smallest absolute Gasteiger partial charge is 0.240 e. The van der Waals surface area contributed by atoms with Gasteiger partial charge in [-0.25, -0.2) is 18.1 Å². The summed E-state index contributed by atoms with van der Waals surface area (Å²) in [4.78, 5) is 10.8. The number of hydrogen-bond acceptors (Lipinski definition) is 7. The highest BCUT2D eigenvalue weighted by atomic mass is 32.2. The highest BCUT2D eigenvalue weighted by molar-refractivity contribution is 7.89. The maximum atomic E-state index is 12.1. The molecule has 25 heavy (non-hydrogen) atoms. The van der Waals surface area contributed by atoms with Crippen molar-refractivity contribution in [2.24, 2.45) is 21.5 Å². The standard InChI is InChI=1S/C16H24N6O2S/c1-2-19-25(23,24)13-8-6-12(7-9-13)22-15(18)20-14(17)21-16(22)10-4-3-5-11-16/h6-9,19H,2-5,10-11H2,1H3,(H4,17,18,20,21). The third kappa shape index (κ3) is 3.34. The van der Waals surface area contributed by atoms with Gasteiger partial charge in [0.2, 0.25) is 21.9 Å². The molecule has 0 atom stereocenters. The zero-order valence-electron chi connectivity index (χ0n) is 14.3. The first kappa shape index (κ1) is 17.7. The minimum atomic E-state index is -3.49. The molecule has 1 aromatic rings. The van der Waals surface area contributed by atoms with Crippen LogP contribution in [-0.2, 0) is 10.0 Å². The average Bonchev–Trinajstić information content (AvgIpc) is 2.55. The van der Waals surface area contributed by atoms with E-state index in [9.17, 15) is 8.42 Å². The van der Waals surface area contributed by atoms with Crippen LogP contribution in [-0.4, -0.2) is 32.5 Å². The Morgan fingerprint density at radius 2 is 1.80 bits per heavy atom. The lowest BCUT2D eigenvalue weighted by Gasteiger charge is -2.45. The van der Waals surface area contributed by atoms with E-state index >= 15 is 0 Å². The van der Waals surface area contributed by atoms with Gasteiger partial charge in [-0.05, 0) is 49.9 Å². The zero-order valence-corrected chi connectivity index (χ0v) is 15.1. The first-order valence-corrected chi connectivity index (χ1v) is 9.96. The number of nitrogens with one attached hydrogen (secondary N) is 1. The molecule has 0 aromatic heterocycles. The summed E-state index contributed by atoms with van der Waals surface area (Å²) in [5.74, 6) is 0.485. The largest absolute Gasteiger partial charge is 0.369 e. The van der Waals surface area contributed by atoms with Crippen molar-refractivity contribution >= 4 is 27.6 Å². The van der Waals surface area contributed by atoms with Crippen LogP contribution in [0, 0.1) is 0 Å². The first-order chi connectivity index (χ1) is 11.9. The molecule has 136 valence electrons. The van der Waals surface area contributed by atoms with Crippen molar-refractivity contribution in [3.05, 3.63) is 24.3 Å². The van der Waals surface area contributed by atoms with Crippen molar-refractivity contribution in [1.82, 2.24) is 4.72 Å². The van der Waals surface area contributed by atoms with Crippen molar-refractivity contribution in [1.29, 1.82) is 0 Å². The van der Waals surface area contributed by atoms with Gasteiger partial charge in [-0.2, -0.15) is 4.99 Å². The molecule has 0 amide bonds. The number of hydrogen-bond donors (Lipinski definition) is 3. The minimum absolute atomic E-state index is 0.196. The van der Waals surface area contributed by atoms with Gasteiger partial charge in [-0.1, -0.05) is 13.3 Å². The topological polar surface area (TPSA) is 126 Å². The van der Waals surface area contributed by atoms with E-state index in [2.05, 4.69) is 14.7 Å². The molecule has 1 aliphatic heterocycles. The first-order valence-electron chi connectivity index (χ1n) is 8.47. The van der Waals surface area contributed by atoms with Crippen molar-refractivity contribution in [2.75, 3.05) is 11.4 Å². The van der Waals surface area contributed by atoms with Crippen molar-refractivity contribution in [3.8, 4) is 0 Å². The lowest BCUT2D eigenvalue weighted by Crippen LogP contribution is -2.58. The van der Waals surface area contributed by atoms with Gasteiger partial charge in [0.25, 0.3) is 0 Å². The van der Waals surface area contributed by atoms with Crippen LogP contribution in [0.4, 0.5) is 5.69 Å². The summed E-state index contributed by atoms with van der Waals surface area (Å²) >= 11 is 0. The Balaban J connectivity index is 1.98. The summed E-state index contributed by atoms with van der Waals surface area (Å²) < 4.78 is 26.7. The van der Waals surface area contributed by atoms with E-state index in [1.807, 2.05) is 4.90 Å². The van der Waals surface area contributed by atoms with Crippen molar-refractivity contribution in [3.63, 3.8) is 0 Å². The third-order valence-corrected chi connectivity index (χ3v) is 6.15. The number of nitrogens with zero attached hydrogens (tertiary/aromatic N) is 3. The molecular weight excluding hydrogens is 340 g/mol. The fourth-order valence-corrected chi connectivity index (χ4v) is 4.58. The molecule has 1 aliphatic carbocycles. The Labute approximate surface area is 148 Å². The van der Waals surface area contributed by atoms with Gasteiger partial charge in [0.15, 0.2) is 0 Å². The van der Waals surface area contributed by atoms with Crippen molar-refractivity contribution < 1.29 is 8.42 Å². The highest BCUT2D eigenvalue weighted by Gasteiger charge is 2.42. The molecule has 0 bridgehead atoms. The van der Waals surface area contributed by atoms with Gasteiger partial charge in [-0.3, -0.25) is 4.90 Å². The average molecular weight is 364 g/mol. The maximum absolute atomic E-state index is 12.1. The van der Waals surface area contributed by atoms with E-state index in [1.165, 1.54) is 0 Å². The number of nitrogens with two attached hydrogens (primary N) is 2. The van der Waals surface area contributed by atoms with Gasteiger partial charge in [0.1, 0.15) is 5.66 Å². The maximum Gasteiger partial charge on any atom is 0.240 e. The molecule has 1 aromatic carbocycles. The van der Waals surface area contributed by atoms with Crippen LogP contribution in [0.25, 0.3) is 0 Å². The molecule has 0 radical (unpaired) electrons. The normalized spacial score (nSPS) is 20.3. The molecule has 1 fully saturated rings. The summed E-state index contributed by atoms with van der Waals surface area (Å²) in [5, 5.41) is 0. The van der Waals surface area contributed by atoms with E-state index in [-0.39, 0.29) is 16.8 Å². The summed E-state index contributed by atoms with van der Waals surface area (Å²) in [5.41, 5.74) is 12.2. The molecular formula is C16H24N6O2S. The highest BCUT2D eigenvalue weighted by Crippen LogP contribution is 2.39. The van der Waals surface area contributed by atoms with Gasteiger partial charge >= 0.3 is 0 Å². The second-order valence-corrected chi connectivity index (χ2v) is 8.08. The molecule has 0 unspecified atom stereocenters. The fourth-order valence-electron chi connectivity index (χ4n) is 3.54. The molecule has 2 aliphatic rings. The number of anilines is 1. The van der Waals surface area contributed by atoms with Crippen molar-refractivity contribution in [2.45, 2.75) is 49.6 Å². The molecule has 5 N–H and O–H groups in total. The predicted octanol–water partition coefficient (Wildman–Crippen LogP) is 1.09. The van der Waals surface area contributed by atoms with Crippen LogP contribution < -0.4 is 21.1 Å². The number of aliphatic imine (C=N–C) groups is 2. The molecule has 8 nitrogen and oxygen atoms in total. The number of guanidine groups is 2.